The molecule has 2 aromatic carbocycles. The standard InChI is InChI=1S/C18H13Cl3N2O2S/c1-8-4-3-5-11(13(8)17(24)22-2)23-18(25)16-15(21)14-10(20)6-9(19)7-12(14)26-16/h3-7H,1-2H3,(H,22,24)(H,23,25). The van der Waals surface area contributed by atoms with E-state index in [0.717, 1.165) is 5.56 Å². The minimum atomic E-state index is -0.417. The van der Waals surface area contributed by atoms with Crippen LogP contribution in [0.5, 0.6) is 0 Å². The van der Waals surface area contributed by atoms with Gasteiger partial charge in [-0.2, -0.15) is 0 Å². The van der Waals surface area contributed by atoms with Crippen LogP contribution < -0.4 is 10.6 Å². The highest BCUT2D eigenvalue weighted by molar-refractivity contribution is 7.21. The molecule has 0 aliphatic rings. The molecule has 26 heavy (non-hydrogen) atoms. The van der Waals surface area contributed by atoms with Gasteiger partial charge in [-0.15, -0.1) is 11.3 Å². The van der Waals surface area contributed by atoms with Gasteiger partial charge in [0.05, 0.1) is 21.3 Å². The van der Waals surface area contributed by atoms with Gasteiger partial charge in [0.2, 0.25) is 0 Å². The summed E-state index contributed by atoms with van der Waals surface area (Å²) in [6.45, 7) is 1.80. The zero-order valence-corrected chi connectivity index (χ0v) is 16.8. The van der Waals surface area contributed by atoms with Crippen molar-refractivity contribution in [2.24, 2.45) is 0 Å². The first-order chi connectivity index (χ1) is 12.3. The summed E-state index contributed by atoms with van der Waals surface area (Å²) in [5.74, 6) is -0.699. The average molecular weight is 428 g/mol. The van der Waals surface area contributed by atoms with Gasteiger partial charge in [-0.25, -0.2) is 0 Å². The second kappa shape index (κ2) is 7.45. The van der Waals surface area contributed by atoms with E-state index in [0.29, 0.717) is 36.3 Å². The second-order valence-electron chi connectivity index (χ2n) is 5.54. The first-order valence-electron chi connectivity index (χ1n) is 7.53. The number of benzene rings is 2. The van der Waals surface area contributed by atoms with E-state index in [4.69, 9.17) is 34.8 Å². The number of carbonyl (C=O) groups excluding carboxylic acids is 2. The quantitative estimate of drug-likeness (QED) is 0.556. The number of thiophene rings is 1. The lowest BCUT2D eigenvalue weighted by Crippen LogP contribution is -2.22. The molecule has 2 N–H and O–H groups in total. The molecule has 3 aromatic rings. The number of nitrogens with one attached hydrogen (secondary N) is 2. The Bertz CT molecular complexity index is 1050. The minimum absolute atomic E-state index is 0.262. The molecule has 0 aliphatic carbocycles. The Hall–Kier alpha value is -1.79. The van der Waals surface area contributed by atoms with Gasteiger partial charge in [0.1, 0.15) is 4.88 Å². The second-order valence-corrected chi connectivity index (χ2v) is 7.81. The maximum Gasteiger partial charge on any atom is 0.267 e. The molecule has 0 fully saturated rings. The van der Waals surface area contributed by atoms with Crippen molar-refractivity contribution in [2.45, 2.75) is 6.92 Å². The molecule has 0 radical (unpaired) electrons. The third-order valence-corrected chi connectivity index (χ3v) is 5.97. The fourth-order valence-electron chi connectivity index (χ4n) is 2.64. The molecule has 0 aliphatic heterocycles. The summed E-state index contributed by atoms with van der Waals surface area (Å²) >= 11 is 19.8. The van der Waals surface area contributed by atoms with Crippen molar-refractivity contribution in [3.8, 4) is 0 Å². The van der Waals surface area contributed by atoms with Gasteiger partial charge in [0, 0.05) is 22.2 Å². The molecule has 1 heterocycles. The predicted octanol–water partition coefficient (Wildman–Crippen LogP) is 5.78. The monoisotopic (exact) mass is 426 g/mol. The Balaban J connectivity index is 2.04. The van der Waals surface area contributed by atoms with Gasteiger partial charge in [0.15, 0.2) is 0 Å². The van der Waals surface area contributed by atoms with E-state index in [1.54, 1.807) is 37.3 Å². The molecule has 8 heteroatoms. The average Bonchev–Trinajstić information content (AvgIpc) is 2.91. The van der Waals surface area contributed by atoms with Crippen LogP contribution in [0.15, 0.2) is 30.3 Å². The number of halogens is 3. The van der Waals surface area contributed by atoms with Crippen molar-refractivity contribution >= 4 is 73.7 Å². The summed E-state index contributed by atoms with van der Waals surface area (Å²) in [7, 11) is 1.54. The van der Waals surface area contributed by atoms with Crippen LogP contribution in [0.3, 0.4) is 0 Å². The fraction of sp³-hybridized carbons (Fsp3) is 0.111. The van der Waals surface area contributed by atoms with Crippen molar-refractivity contribution in [1.82, 2.24) is 5.32 Å². The van der Waals surface area contributed by atoms with E-state index >= 15 is 0 Å². The first-order valence-corrected chi connectivity index (χ1v) is 9.48. The van der Waals surface area contributed by atoms with Crippen LogP contribution in [0, 0.1) is 6.92 Å². The van der Waals surface area contributed by atoms with Crippen LogP contribution >= 0.6 is 46.1 Å². The molecule has 0 atom stereocenters. The maximum absolute atomic E-state index is 12.8. The van der Waals surface area contributed by atoms with Crippen LogP contribution in [0.2, 0.25) is 15.1 Å². The molecule has 4 nitrogen and oxygen atoms in total. The summed E-state index contributed by atoms with van der Waals surface area (Å²) in [4.78, 5) is 25.2. The zero-order chi connectivity index (χ0) is 19.0. The third kappa shape index (κ3) is 3.40. The SMILES string of the molecule is CNC(=O)c1c(C)cccc1NC(=O)c1sc2cc(Cl)cc(Cl)c2c1Cl. The van der Waals surface area contributed by atoms with E-state index in [1.165, 1.54) is 18.4 Å². The molecule has 0 unspecified atom stereocenters. The molecule has 2 amide bonds. The summed E-state index contributed by atoms with van der Waals surface area (Å²) in [5.41, 5.74) is 1.56. The number of carbonyl (C=O) groups is 2. The summed E-state index contributed by atoms with van der Waals surface area (Å²) < 4.78 is 0.716. The Morgan fingerprint density at radius 2 is 1.81 bits per heavy atom. The van der Waals surface area contributed by atoms with Crippen molar-refractivity contribution in [2.75, 3.05) is 12.4 Å². The first kappa shape index (κ1) is 19.0. The number of anilines is 1. The molecule has 0 saturated heterocycles. The summed E-state index contributed by atoms with van der Waals surface area (Å²) in [6.07, 6.45) is 0. The van der Waals surface area contributed by atoms with Gasteiger partial charge in [-0.1, -0.05) is 46.9 Å². The fourth-order valence-corrected chi connectivity index (χ4v) is 4.91. The number of amides is 2. The summed E-state index contributed by atoms with van der Waals surface area (Å²) in [5, 5.41) is 7.04. The maximum atomic E-state index is 12.8. The van der Waals surface area contributed by atoms with Crippen molar-refractivity contribution in [3.63, 3.8) is 0 Å². The van der Waals surface area contributed by atoms with E-state index < -0.39 is 5.91 Å². The Labute approximate surface area is 169 Å². The van der Waals surface area contributed by atoms with E-state index in [1.807, 2.05) is 0 Å². The van der Waals surface area contributed by atoms with Crippen molar-refractivity contribution < 1.29 is 9.59 Å². The van der Waals surface area contributed by atoms with E-state index in [-0.39, 0.29) is 10.9 Å². The molecule has 1 aromatic heterocycles. The van der Waals surface area contributed by atoms with Crippen LogP contribution in [-0.4, -0.2) is 18.9 Å². The smallest absolute Gasteiger partial charge is 0.267 e. The normalized spacial score (nSPS) is 10.8. The lowest BCUT2D eigenvalue weighted by atomic mass is 10.1. The molecular weight excluding hydrogens is 415 g/mol. The Morgan fingerprint density at radius 3 is 2.50 bits per heavy atom. The highest BCUT2D eigenvalue weighted by Gasteiger charge is 2.22. The molecule has 0 bridgehead atoms. The highest BCUT2D eigenvalue weighted by Crippen LogP contribution is 2.41. The van der Waals surface area contributed by atoms with Crippen molar-refractivity contribution in [3.05, 3.63) is 61.4 Å². The van der Waals surface area contributed by atoms with E-state index in [9.17, 15) is 9.59 Å². The number of fused-ring (bicyclic) bond motifs is 1. The van der Waals surface area contributed by atoms with Crippen LogP contribution in [0.4, 0.5) is 5.69 Å². The summed E-state index contributed by atoms with van der Waals surface area (Å²) in [6, 6.07) is 8.52. The Morgan fingerprint density at radius 1 is 1.08 bits per heavy atom. The lowest BCUT2D eigenvalue weighted by molar-refractivity contribution is 0.0963. The molecule has 134 valence electrons. The van der Waals surface area contributed by atoms with Crippen LogP contribution in [-0.2, 0) is 0 Å². The third-order valence-electron chi connectivity index (χ3n) is 3.83. The predicted molar refractivity (Wildman–Crippen MR) is 109 cm³/mol. The van der Waals surface area contributed by atoms with E-state index in [2.05, 4.69) is 10.6 Å². The van der Waals surface area contributed by atoms with Crippen molar-refractivity contribution in [1.29, 1.82) is 0 Å². The number of hydrogen-bond donors (Lipinski definition) is 2. The van der Waals surface area contributed by atoms with Crippen LogP contribution in [0.25, 0.3) is 10.1 Å². The van der Waals surface area contributed by atoms with Gasteiger partial charge in [0.25, 0.3) is 11.8 Å². The molecule has 3 rings (SSSR count). The van der Waals surface area contributed by atoms with Crippen LogP contribution in [0.1, 0.15) is 25.6 Å². The topological polar surface area (TPSA) is 58.2 Å². The van der Waals surface area contributed by atoms with Gasteiger partial charge < -0.3 is 10.6 Å². The molecular formula is C18H13Cl3N2O2S. The van der Waals surface area contributed by atoms with Gasteiger partial charge >= 0.3 is 0 Å². The Kier molecular flexibility index (Phi) is 5.44. The molecule has 0 saturated carbocycles. The number of rotatable bonds is 3. The zero-order valence-electron chi connectivity index (χ0n) is 13.7. The van der Waals surface area contributed by atoms with Gasteiger partial charge in [-0.05, 0) is 30.7 Å². The van der Waals surface area contributed by atoms with Gasteiger partial charge in [-0.3, -0.25) is 9.59 Å². The number of aryl methyl sites for hydroxylation is 1. The highest BCUT2D eigenvalue weighted by atomic mass is 35.5. The lowest BCUT2D eigenvalue weighted by Gasteiger charge is -2.12. The largest absolute Gasteiger partial charge is 0.355 e. The molecule has 0 spiro atoms. The number of hydrogen-bond acceptors (Lipinski definition) is 3. The minimum Gasteiger partial charge on any atom is -0.355 e.